The first-order chi connectivity index (χ1) is 9.69. The summed E-state index contributed by atoms with van der Waals surface area (Å²) in [5.74, 6) is 0.0425. The minimum absolute atomic E-state index is 0.0566. The van der Waals surface area contributed by atoms with Crippen molar-refractivity contribution in [1.82, 2.24) is 5.32 Å². The molecule has 0 saturated heterocycles. The third kappa shape index (κ3) is 3.19. The molecule has 1 unspecified atom stereocenters. The second-order valence-electron chi connectivity index (χ2n) is 4.58. The maximum atomic E-state index is 12.2. The van der Waals surface area contributed by atoms with Crippen molar-refractivity contribution in [2.24, 2.45) is 0 Å². The molecule has 1 heterocycles. The van der Waals surface area contributed by atoms with E-state index in [4.69, 9.17) is 0 Å². The van der Waals surface area contributed by atoms with Crippen molar-refractivity contribution < 1.29 is 4.79 Å². The van der Waals surface area contributed by atoms with Crippen molar-refractivity contribution in [3.8, 4) is 0 Å². The van der Waals surface area contributed by atoms with E-state index in [1.807, 2.05) is 45.9 Å². The highest BCUT2D eigenvalue weighted by molar-refractivity contribution is 5.93. The van der Waals surface area contributed by atoms with Gasteiger partial charge in [-0.05, 0) is 31.4 Å². The van der Waals surface area contributed by atoms with Crippen molar-refractivity contribution in [1.29, 1.82) is 0 Å². The molecule has 0 fully saturated rings. The number of carbonyl (C=O) groups is 1. The van der Waals surface area contributed by atoms with Crippen LogP contribution in [0.4, 0.5) is 0 Å². The average molecular weight is 271 g/mol. The van der Waals surface area contributed by atoms with E-state index in [2.05, 4.69) is 30.4 Å². The first-order valence-electron chi connectivity index (χ1n) is 7.42. The molecule has 20 heavy (non-hydrogen) atoms. The van der Waals surface area contributed by atoms with Crippen LogP contribution in [0.3, 0.4) is 0 Å². The first-order valence-corrected chi connectivity index (χ1v) is 7.42. The topological polar surface area (TPSA) is 29.1 Å². The lowest BCUT2D eigenvalue weighted by Gasteiger charge is -2.14. The molecule has 1 amide bonds. The van der Waals surface area contributed by atoms with Crippen LogP contribution < -0.4 is 5.32 Å². The van der Waals surface area contributed by atoms with Crippen LogP contribution in [0, 0.1) is 0 Å². The minimum atomic E-state index is -0.0566. The molecular formula is C18H25NO. The van der Waals surface area contributed by atoms with Crippen molar-refractivity contribution >= 4 is 11.5 Å². The molecule has 108 valence electrons. The van der Waals surface area contributed by atoms with Crippen molar-refractivity contribution in [2.45, 2.75) is 47.0 Å². The number of amides is 1. The van der Waals surface area contributed by atoms with Crippen molar-refractivity contribution in [3.05, 3.63) is 53.2 Å². The number of nitrogens with one attached hydrogen (secondary N) is 1. The molecule has 1 aromatic rings. The predicted molar refractivity (Wildman–Crippen MR) is 86.4 cm³/mol. The van der Waals surface area contributed by atoms with Gasteiger partial charge in [0.25, 0.3) is 0 Å². The second-order valence-corrected chi connectivity index (χ2v) is 4.58. The lowest BCUT2D eigenvalue weighted by Crippen LogP contribution is -2.26. The minimum Gasteiger partial charge on any atom is -0.329 e. The van der Waals surface area contributed by atoms with Crippen molar-refractivity contribution in [3.63, 3.8) is 0 Å². The highest BCUT2D eigenvalue weighted by atomic mass is 16.1. The van der Waals surface area contributed by atoms with Gasteiger partial charge in [-0.25, -0.2) is 0 Å². The Bertz CT molecular complexity index is 526. The quantitative estimate of drug-likeness (QED) is 0.834. The summed E-state index contributed by atoms with van der Waals surface area (Å²) in [6, 6.07) is 8.18. The summed E-state index contributed by atoms with van der Waals surface area (Å²) >= 11 is 0. The standard InChI is InChI=1S/C16H19NO.C2H6/c1-4-8-13-11(3)17-16(18)12(5-2)14-9-6-7-10-15(13)14;1-2/h4,6-10,12H,5H2,1-3H3,(H,17,18);1-2H3/b8-4-;. The van der Waals surface area contributed by atoms with Gasteiger partial charge in [0, 0.05) is 11.3 Å². The van der Waals surface area contributed by atoms with Gasteiger partial charge < -0.3 is 5.32 Å². The van der Waals surface area contributed by atoms with Gasteiger partial charge in [-0.15, -0.1) is 0 Å². The van der Waals surface area contributed by atoms with E-state index in [-0.39, 0.29) is 11.8 Å². The smallest absolute Gasteiger partial charge is 0.231 e. The van der Waals surface area contributed by atoms with Crippen LogP contribution in [0.2, 0.25) is 0 Å². The highest BCUT2D eigenvalue weighted by Gasteiger charge is 2.26. The fraction of sp³-hybridized carbons (Fsp3) is 0.389. The first kappa shape index (κ1) is 16.2. The van der Waals surface area contributed by atoms with Gasteiger partial charge in [-0.1, -0.05) is 57.2 Å². The van der Waals surface area contributed by atoms with Crippen LogP contribution in [-0.4, -0.2) is 5.91 Å². The molecule has 2 nitrogen and oxygen atoms in total. The fourth-order valence-corrected chi connectivity index (χ4v) is 2.52. The number of allylic oxidation sites excluding steroid dienone is 4. The Morgan fingerprint density at radius 3 is 2.50 bits per heavy atom. The van der Waals surface area contributed by atoms with E-state index in [1.54, 1.807) is 0 Å². The summed E-state index contributed by atoms with van der Waals surface area (Å²) in [6.07, 6.45) is 4.89. The highest BCUT2D eigenvalue weighted by Crippen LogP contribution is 2.33. The molecule has 0 bridgehead atoms. The Morgan fingerprint density at radius 2 is 1.90 bits per heavy atom. The van der Waals surface area contributed by atoms with Gasteiger partial charge in [0.2, 0.25) is 5.91 Å². The molecule has 0 radical (unpaired) electrons. The molecular weight excluding hydrogens is 246 g/mol. The average Bonchev–Trinajstić information content (AvgIpc) is 2.57. The van der Waals surface area contributed by atoms with E-state index in [0.717, 1.165) is 23.3 Å². The lowest BCUT2D eigenvalue weighted by molar-refractivity contribution is -0.121. The Morgan fingerprint density at radius 1 is 1.25 bits per heavy atom. The number of hydrogen-bond donors (Lipinski definition) is 1. The normalized spacial score (nSPS) is 18.1. The number of rotatable bonds is 2. The lowest BCUT2D eigenvalue weighted by atomic mass is 9.89. The van der Waals surface area contributed by atoms with E-state index in [9.17, 15) is 4.79 Å². The number of hydrogen-bond acceptors (Lipinski definition) is 1. The molecule has 1 aliphatic rings. The van der Waals surface area contributed by atoms with E-state index in [0.29, 0.717) is 0 Å². The summed E-state index contributed by atoms with van der Waals surface area (Å²) < 4.78 is 0. The van der Waals surface area contributed by atoms with Crippen LogP contribution in [0.15, 0.2) is 42.1 Å². The van der Waals surface area contributed by atoms with Crippen LogP contribution in [-0.2, 0) is 4.79 Å². The van der Waals surface area contributed by atoms with Gasteiger partial charge >= 0.3 is 0 Å². The molecule has 0 aromatic heterocycles. The fourth-order valence-electron chi connectivity index (χ4n) is 2.52. The maximum Gasteiger partial charge on any atom is 0.231 e. The third-order valence-electron chi connectivity index (χ3n) is 3.40. The Labute approximate surface area is 122 Å². The molecule has 1 atom stereocenters. The Kier molecular flexibility index (Phi) is 6.23. The predicted octanol–water partition coefficient (Wildman–Crippen LogP) is 4.64. The van der Waals surface area contributed by atoms with Crippen LogP contribution in [0.5, 0.6) is 0 Å². The van der Waals surface area contributed by atoms with E-state index >= 15 is 0 Å². The van der Waals surface area contributed by atoms with E-state index in [1.165, 1.54) is 5.56 Å². The Hall–Kier alpha value is -1.83. The zero-order chi connectivity index (χ0) is 15.1. The number of benzene rings is 1. The molecule has 1 N–H and O–H groups in total. The van der Waals surface area contributed by atoms with Crippen molar-refractivity contribution in [2.75, 3.05) is 0 Å². The molecule has 0 aliphatic carbocycles. The summed E-state index contributed by atoms with van der Waals surface area (Å²) in [5, 5.41) is 3.01. The largest absolute Gasteiger partial charge is 0.329 e. The summed E-state index contributed by atoms with van der Waals surface area (Å²) in [5.41, 5.74) is 4.33. The summed E-state index contributed by atoms with van der Waals surface area (Å²) in [7, 11) is 0. The van der Waals surface area contributed by atoms with Crippen LogP contribution >= 0.6 is 0 Å². The van der Waals surface area contributed by atoms with Gasteiger partial charge in [-0.2, -0.15) is 0 Å². The zero-order valence-corrected chi connectivity index (χ0v) is 13.2. The van der Waals surface area contributed by atoms with Gasteiger partial charge in [0.05, 0.1) is 5.92 Å². The van der Waals surface area contributed by atoms with Gasteiger partial charge in [-0.3, -0.25) is 4.79 Å². The maximum absolute atomic E-state index is 12.2. The number of carbonyl (C=O) groups excluding carboxylic acids is 1. The van der Waals surface area contributed by atoms with Crippen LogP contribution in [0.25, 0.3) is 5.57 Å². The SMILES string of the molecule is C/C=C\C1=C(C)NC(=O)C(CC)c2ccccc21.CC. The third-order valence-corrected chi connectivity index (χ3v) is 3.40. The second kappa shape index (κ2) is 7.68. The molecule has 2 rings (SSSR count). The molecule has 0 spiro atoms. The molecule has 1 aromatic carbocycles. The van der Waals surface area contributed by atoms with E-state index < -0.39 is 0 Å². The zero-order valence-electron chi connectivity index (χ0n) is 13.2. The van der Waals surface area contributed by atoms with Crippen LogP contribution in [0.1, 0.15) is 58.1 Å². The Balaban J connectivity index is 0.000000956. The summed E-state index contributed by atoms with van der Waals surface area (Å²) in [6.45, 7) is 10.0. The molecule has 2 heteroatoms. The molecule has 1 aliphatic heterocycles. The molecule has 0 saturated carbocycles. The monoisotopic (exact) mass is 271 g/mol. The van der Waals surface area contributed by atoms with Gasteiger partial charge in [0.15, 0.2) is 0 Å². The summed E-state index contributed by atoms with van der Waals surface area (Å²) in [4.78, 5) is 12.2. The van der Waals surface area contributed by atoms with Gasteiger partial charge in [0.1, 0.15) is 0 Å². The number of fused-ring (bicyclic) bond motifs is 1.